The van der Waals surface area contributed by atoms with Crippen LogP contribution < -0.4 is 5.32 Å². The maximum Gasteiger partial charge on any atom is 0.247 e. The van der Waals surface area contributed by atoms with E-state index in [1.807, 2.05) is 32.0 Å². The Morgan fingerprint density at radius 1 is 1.38 bits per heavy atom. The minimum Gasteiger partial charge on any atom is -0.331 e. The number of nitrogens with one attached hydrogen (secondary N) is 1. The summed E-state index contributed by atoms with van der Waals surface area (Å²) in [5.74, 6) is -0.0238. The van der Waals surface area contributed by atoms with Crippen LogP contribution >= 0.6 is 15.9 Å². The zero-order valence-corrected chi connectivity index (χ0v) is 14.1. The number of nitrogens with zero attached hydrogens (tertiary/aromatic N) is 1. The van der Waals surface area contributed by atoms with E-state index in [0.29, 0.717) is 13.0 Å². The number of benzene rings is 1. The monoisotopic (exact) mass is 352 g/mol. The Hall–Kier alpha value is -1.36. The molecule has 1 fully saturated rings. The van der Waals surface area contributed by atoms with Crippen molar-refractivity contribution in [1.29, 1.82) is 0 Å². The fourth-order valence-corrected chi connectivity index (χ4v) is 3.16. The third-order valence-corrected chi connectivity index (χ3v) is 4.37. The maximum atomic E-state index is 12.5. The number of halogens is 1. The first-order chi connectivity index (χ1) is 10.0. The summed E-state index contributed by atoms with van der Waals surface area (Å²) in [6.07, 6.45) is 3.16. The van der Waals surface area contributed by atoms with Gasteiger partial charge in [-0.25, -0.2) is 0 Å². The first kappa shape index (κ1) is 16.0. The van der Waals surface area contributed by atoms with Crippen LogP contribution in [0.2, 0.25) is 0 Å². The van der Waals surface area contributed by atoms with Gasteiger partial charge >= 0.3 is 0 Å². The highest BCUT2D eigenvalue weighted by atomic mass is 79.9. The van der Waals surface area contributed by atoms with Crippen molar-refractivity contribution < 1.29 is 9.59 Å². The van der Waals surface area contributed by atoms with E-state index in [4.69, 9.17) is 0 Å². The van der Waals surface area contributed by atoms with E-state index in [1.54, 1.807) is 4.90 Å². The summed E-state index contributed by atoms with van der Waals surface area (Å²) in [7, 11) is 0. The van der Waals surface area contributed by atoms with Gasteiger partial charge in [0, 0.05) is 23.1 Å². The lowest BCUT2D eigenvalue weighted by molar-refractivity contribution is -0.140. The Morgan fingerprint density at radius 2 is 2.14 bits per heavy atom. The van der Waals surface area contributed by atoms with Gasteiger partial charge in [0.15, 0.2) is 0 Å². The van der Waals surface area contributed by atoms with Crippen LogP contribution in [0.1, 0.15) is 38.2 Å². The van der Waals surface area contributed by atoms with Crippen LogP contribution in [-0.4, -0.2) is 29.3 Å². The molecule has 1 heterocycles. The SMILES string of the molecule is CCC(=O)N1CCCCC1C(=O)Nc1ccc(Br)cc1C. The van der Waals surface area contributed by atoms with Crippen molar-refractivity contribution in [2.75, 3.05) is 11.9 Å². The molecule has 1 aromatic carbocycles. The van der Waals surface area contributed by atoms with E-state index in [9.17, 15) is 9.59 Å². The Bertz CT molecular complexity index is 545. The van der Waals surface area contributed by atoms with Crippen molar-refractivity contribution in [3.05, 3.63) is 28.2 Å². The molecule has 2 amide bonds. The zero-order chi connectivity index (χ0) is 15.4. The molecule has 0 radical (unpaired) electrons. The second-order valence-corrected chi connectivity index (χ2v) is 6.32. The van der Waals surface area contributed by atoms with Crippen molar-refractivity contribution >= 4 is 33.4 Å². The first-order valence-corrected chi connectivity index (χ1v) is 8.18. The molecule has 1 aliphatic heterocycles. The number of likely N-dealkylation sites (tertiary alicyclic amines) is 1. The van der Waals surface area contributed by atoms with Crippen molar-refractivity contribution in [3.8, 4) is 0 Å². The molecule has 1 aliphatic rings. The number of piperidine rings is 1. The van der Waals surface area contributed by atoms with Crippen molar-refractivity contribution in [2.45, 2.75) is 45.6 Å². The highest BCUT2D eigenvalue weighted by molar-refractivity contribution is 9.10. The van der Waals surface area contributed by atoms with E-state index in [1.165, 1.54) is 0 Å². The number of amides is 2. The minimum atomic E-state index is -0.339. The van der Waals surface area contributed by atoms with Gasteiger partial charge in [-0.15, -0.1) is 0 Å². The van der Waals surface area contributed by atoms with Gasteiger partial charge in [0.25, 0.3) is 0 Å². The average Bonchev–Trinajstić information content (AvgIpc) is 2.49. The number of carbonyl (C=O) groups is 2. The van der Waals surface area contributed by atoms with Gasteiger partial charge in [-0.1, -0.05) is 22.9 Å². The molecule has 5 heteroatoms. The smallest absolute Gasteiger partial charge is 0.247 e. The largest absolute Gasteiger partial charge is 0.331 e. The van der Waals surface area contributed by atoms with E-state index in [2.05, 4.69) is 21.2 Å². The van der Waals surface area contributed by atoms with Crippen molar-refractivity contribution in [2.24, 2.45) is 0 Å². The molecule has 114 valence electrons. The highest BCUT2D eigenvalue weighted by Crippen LogP contribution is 2.23. The van der Waals surface area contributed by atoms with Gasteiger partial charge in [0.1, 0.15) is 6.04 Å². The molecule has 0 bridgehead atoms. The predicted octanol–water partition coefficient (Wildman–Crippen LogP) is 3.49. The zero-order valence-electron chi connectivity index (χ0n) is 12.5. The average molecular weight is 353 g/mol. The van der Waals surface area contributed by atoms with Gasteiger partial charge in [-0.05, 0) is 49.9 Å². The molecule has 0 aromatic heterocycles. The number of anilines is 1. The summed E-state index contributed by atoms with van der Waals surface area (Å²) in [6.45, 7) is 4.48. The van der Waals surface area contributed by atoms with Crippen LogP contribution in [0.4, 0.5) is 5.69 Å². The summed E-state index contributed by atoms with van der Waals surface area (Å²) in [5, 5.41) is 2.96. The minimum absolute atomic E-state index is 0.0578. The molecule has 0 spiro atoms. The van der Waals surface area contributed by atoms with Crippen LogP contribution in [0.15, 0.2) is 22.7 Å². The molecule has 0 aliphatic carbocycles. The lowest BCUT2D eigenvalue weighted by Crippen LogP contribution is -2.49. The highest BCUT2D eigenvalue weighted by Gasteiger charge is 2.31. The maximum absolute atomic E-state index is 12.5. The number of hydrogen-bond acceptors (Lipinski definition) is 2. The predicted molar refractivity (Wildman–Crippen MR) is 87.2 cm³/mol. The van der Waals surface area contributed by atoms with Crippen molar-refractivity contribution in [1.82, 2.24) is 4.90 Å². The molecule has 1 N–H and O–H groups in total. The molecule has 2 rings (SSSR count). The molecule has 1 aromatic rings. The summed E-state index contributed by atoms with van der Waals surface area (Å²) in [4.78, 5) is 26.2. The number of carbonyl (C=O) groups excluding carboxylic acids is 2. The quantitative estimate of drug-likeness (QED) is 0.904. The van der Waals surface area contributed by atoms with Crippen LogP contribution in [0.25, 0.3) is 0 Å². The fraction of sp³-hybridized carbons (Fsp3) is 0.500. The van der Waals surface area contributed by atoms with E-state index in [0.717, 1.165) is 35.0 Å². The van der Waals surface area contributed by atoms with E-state index < -0.39 is 0 Å². The standard InChI is InChI=1S/C16H21BrN2O2/c1-3-15(20)19-9-5-4-6-14(19)16(21)18-13-8-7-12(17)10-11(13)2/h7-8,10,14H,3-6,9H2,1-2H3,(H,18,21). The third-order valence-electron chi connectivity index (χ3n) is 3.87. The van der Waals surface area contributed by atoms with Gasteiger partial charge < -0.3 is 10.2 Å². The fourth-order valence-electron chi connectivity index (χ4n) is 2.69. The lowest BCUT2D eigenvalue weighted by Gasteiger charge is -2.34. The summed E-state index contributed by atoms with van der Waals surface area (Å²) < 4.78 is 0.985. The van der Waals surface area contributed by atoms with Crippen LogP contribution in [0.3, 0.4) is 0 Å². The molecular weight excluding hydrogens is 332 g/mol. The van der Waals surface area contributed by atoms with Gasteiger partial charge in [0.2, 0.25) is 11.8 Å². The third kappa shape index (κ3) is 3.84. The molecule has 4 nitrogen and oxygen atoms in total. The Labute approximate surface area is 134 Å². The summed E-state index contributed by atoms with van der Waals surface area (Å²) in [5.41, 5.74) is 1.81. The van der Waals surface area contributed by atoms with Crippen LogP contribution in [0.5, 0.6) is 0 Å². The van der Waals surface area contributed by atoms with E-state index in [-0.39, 0.29) is 17.9 Å². The normalized spacial score (nSPS) is 18.4. The van der Waals surface area contributed by atoms with Crippen LogP contribution in [0, 0.1) is 6.92 Å². The van der Waals surface area contributed by atoms with Gasteiger partial charge in [0.05, 0.1) is 0 Å². The molecule has 1 saturated heterocycles. The Balaban J connectivity index is 2.12. The van der Waals surface area contributed by atoms with E-state index >= 15 is 0 Å². The molecule has 0 saturated carbocycles. The number of hydrogen-bond donors (Lipinski definition) is 1. The number of aryl methyl sites for hydroxylation is 1. The Morgan fingerprint density at radius 3 is 2.81 bits per heavy atom. The second kappa shape index (κ2) is 7.07. The molecular formula is C16H21BrN2O2. The second-order valence-electron chi connectivity index (χ2n) is 5.40. The number of rotatable bonds is 3. The molecule has 1 unspecified atom stereocenters. The van der Waals surface area contributed by atoms with Crippen molar-refractivity contribution in [3.63, 3.8) is 0 Å². The topological polar surface area (TPSA) is 49.4 Å². The van der Waals surface area contributed by atoms with Gasteiger partial charge in [-0.3, -0.25) is 9.59 Å². The Kier molecular flexibility index (Phi) is 5.39. The molecule has 21 heavy (non-hydrogen) atoms. The van der Waals surface area contributed by atoms with Gasteiger partial charge in [-0.2, -0.15) is 0 Å². The first-order valence-electron chi connectivity index (χ1n) is 7.39. The summed E-state index contributed by atoms with van der Waals surface area (Å²) in [6, 6.07) is 5.41. The molecule has 1 atom stereocenters. The lowest BCUT2D eigenvalue weighted by atomic mass is 10.0. The summed E-state index contributed by atoms with van der Waals surface area (Å²) >= 11 is 3.41. The van der Waals surface area contributed by atoms with Crippen LogP contribution in [-0.2, 0) is 9.59 Å².